The van der Waals surface area contributed by atoms with Gasteiger partial charge in [-0.15, -0.1) is 0 Å². The van der Waals surface area contributed by atoms with Gasteiger partial charge in [-0.05, 0) is 32.8 Å². The van der Waals surface area contributed by atoms with E-state index in [1.54, 1.807) is 13.8 Å². The van der Waals surface area contributed by atoms with Crippen molar-refractivity contribution < 1.29 is 14.4 Å². The Balaban J connectivity index is 2.41. The van der Waals surface area contributed by atoms with E-state index < -0.39 is 0 Å². The van der Waals surface area contributed by atoms with Gasteiger partial charge in [-0.3, -0.25) is 14.4 Å². The van der Waals surface area contributed by atoms with Gasteiger partial charge < -0.3 is 0 Å². The maximum absolute atomic E-state index is 12.1. The second-order valence-corrected chi connectivity index (χ2v) is 4.82. The van der Waals surface area contributed by atoms with Crippen molar-refractivity contribution in [2.24, 2.45) is 5.92 Å². The van der Waals surface area contributed by atoms with Crippen LogP contribution in [0.1, 0.15) is 39.5 Å². The van der Waals surface area contributed by atoms with Crippen molar-refractivity contribution >= 4 is 17.3 Å². The first-order valence-corrected chi connectivity index (χ1v) is 6.03. The van der Waals surface area contributed by atoms with Crippen molar-refractivity contribution in [2.75, 3.05) is 0 Å². The Morgan fingerprint density at radius 2 is 1.82 bits per heavy atom. The van der Waals surface area contributed by atoms with Crippen LogP contribution in [0.15, 0.2) is 22.8 Å². The molecule has 17 heavy (non-hydrogen) atoms. The molecular formula is C14H16O3. The quantitative estimate of drug-likeness (QED) is 0.651. The first kappa shape index (κ1) is 12.0. The molecule has 0 aromatic carbocycles. The summed E-state index contributed by atoms with van der Waals surface area (Å²) < 4.78 is 0. The monoisotopic (exact) mass is 232 g/mol. The van der Waals surface area contributed by atoms with Crippen LogP contribution in [0.25, 0.3) is 0 Å². The van der Waals surface area contributed by atoms with Crippen LogP contribution in [0.2, 0.25) is 0 Å². The third kappa shape index (κ3) is 2.02. The van der Waals surface area contributed by atoms with E-state index >= 15 is 0 Å². The molecule has 0 aromatic heterocycles. The van der Waals surface area contributed by atoms with Gasteiger partial charge in [-0.1, -0.05) is 6.42 Å². The molecule has 0 heterocycles. The van der Waals surface area contributed by atoms with Crippen molar-refractivity contribution in [1.29, 1.82) is 0 Å². The molecule has 0 aliphatic heterocycles. The van der Waals surface area contributed by atoms with E-state index in [2.05, 4.69) is 0 Å². The predicted molar refractivity (Wildman–Crippen MR) is 63.4 cm³/mol. The van der Waals surface area contributed by atoms with E-state index in [0.29, 0.717) is 29.6 Å². The average molecular weight is 232 g/mol. The molecule has 0 amide bonds. The van der Waals surface area contributed by atoms with E-state index in [9.17, 15) is 14.4 Å². The summed E-state index contributed by atoms with van der Waals surface area (Å²) in [5, 5.41) is 0. The van der Waals surface area contributed by atoms with E-state index in [0.717, 1.165) is 12.8 Å². The van der Waals surface area contributed by atoms with Gasteiger partial charge in [-0.2, -0.15) is 0 Å². The number of ketones is 3. The first-order chi connectivity index (χ1) is 8.02. The highest BCUT2D eigenvalue weighted by Gasteiger charge is 2.34. The highest BCUT2D eigenvalue weighted by atomic mass is 16.1. The summed E-state index contributed by atoms with van der Waals surface area (Å²) in [6, 6.07) is 0. The minimum absolute atomic E-state index is 0.112. The molecule has 0 saturated heterocycles. The van der Waals surface area contributed by atoms with Crippen LogP contribution in [0.3, 0.4) is 0 Å². The number of rotatable bonds is 1. The standard InChI is InChI=1S/C14H16O3/c1-8-7-12(16)9(2)13(14(8)17)10-5-3-4-6-11(10)15/h7,10H,3-6H2,1-2H3. The lowest BCUT2D eigenvalue weighted by Crippen LogP contribution is -2.29. The maximum Gasteiger partial charge on any atom is 0.185 e. The van der Waals surface area contributed by atoms with Gasteiger partial charge in [0, 0.05) is 29.1 Å². The summed E-state index contributed by atoms with van der Waals surface area (Å²) in [5.74, 6) is -0.483. The van der Waals surface area contributed by atoms with Crippen LogP contribution in [0.4, 0.5) is 0 Å². The first-order valence-electron chi connectivity index (χ1n) is 6.03. The Labute approximate surface area is 101 Å². The number of carbonyl (C=O) groups is 3. The van der Waals surface area contributed by atoms with Gasteiger partial charge in [0.25, 0.3) is 0 Å². The molecule has 0 spiro atoms. The maximum atomic E-state index is 12.1. The molecule has 2 rings (SSSR count). The van der Waals surface area contributed by atoms with Crippen molar-refractivity contribution in [3.63, 3.8) is 0 Å². The summed E-state index contributed by atoms with van der Waals surface area (Å²) in [6.07, 6.45) is 4.47. The fourth-order valence-electron chi connectivity index (χ4n) is 2.59. The summed E-state index contributed by atoms with van der Waals surface area (Å²) >= 11 is 0. The lowest BCUT2D eigenvalue weighted by atomic mass is 9.75. The van der Waals surface area contributed by atoms with Crippen molar-refractivity contribution in [1.82, 2.24) is 0 Å². The average Bonchev–Trinajstić information content (AvgIpc) is 2.29. The number of Topliss-reactive ketones (excluding diaryl/α,β-unsaturated/α-hetero) is 2. The Morgan fingerprint density at radius 3 is 2.47 bits per heavy atom. The summed E-state index contributed by atoms with van der Waals surface area (Å²) in [4.78, 5) is 35.7. The number of allylic oxidation sites excluding steroid dienone is 4. The van der Waals surface area contributed by atoms with E-state index in [1.807, 2.05) is 0 Å². The van der Waals surface area contributed by atoms with Gasteiger partial charge >= 0.3 is 0 Å². The fourth-order valence-corrected chi connectivity index (χ4v) is 2.59. The predicted octanol–water partition coefficient (Wildman–Crippen LogP) is 2.16. The van der Waals surface area contributed by atoms with Crippen molar-refractivity contribution in [3.05, 3.63) is 22.8 Å². The third-order valence-electron chi connectivity index (χ3n) is 3.63. The number of hydrogen-bond donors (Lipinski definition) is 0. The molecular weight excluding hydrogens is 216 g/mol. The zero-order valence-electron chi connectivity index (χ0n) is 10.2. The molecule has 3 nitrogen and oxygen atoms in total. The van der Waals surface area contributed by atoms with E-state index in [4.69, 9.17) is 0 Å². The van der Waals surface area contributed by atoms with Crippen LogP contribution < -0.4 is 0 Å². The molecule has 0 N–H and O–H groups in total. The van der Waals surface area contributed by atoms with Crippen LogP contribution in [-0.2, 0) is 14.4 Å². The SMILES string of the molecule is CC1=CC(=O)C(C)=C(C2CCCCC2=O)C1=O. The van der Waals surface area contributed by atoms with Gasteiger partial charge in [0.05, 0.1) is 0 Å². The second kappa shape index (κ2) is 4.40. The Bertz CT molecular complexity index is 466. The topological polar surface area (TPSA) is 51.2 Å². The lowest BCUT2D eigenvalue weighted by molar-refractivity contribution is -0.125. The zero-order valence-corrected chi connectivity index (χ0v) is 10.2. The highest BCUT2D eigenvalue weighted by molar-refractivity contribution is 6.23. The largest absolute Gasteiger partial charge is 0.299 e. The molecule has 1 fully saturated rings. The molecule has 0 aromatic rings. The minimum atomic E-state index is -0.344. The van der Waals surface area contributed by atoms with Gasteiger partial charge in [0.15, 0.2) is 11.6 Å². The Hall–Kier alpha value is -1.51. The van der Waals surface area contributed by atoms with E-state index in [1.165, 1.54) is 6.08 Å². The molecule has 90 valence electrons. The molecule has 1 unspecified atom stereocenters. The second-order valence-electron chi connectivity index (χ2n) is 4.82. The third-order valence-corrected chi connectivity index (χ3v) is 3.63. The van der Waals surface area contributed by atoms with Gasteiger partial charge in [0.2, 0.25) is 0 Å². The Kier molecular flexibility index (Phi) is 3.09. The molecule has 3 heteroatoms. The van der Waals surface area contributed by atoms with Crippen LogP contribution >= 0.6 is 0 Å². The fraction of sp³-hybridized carbons (Fsp3) is 0.500. The van der Waals surface area contributed by atoms with Crippen molar-refractivity contribution in [3.8, 4) is 0 Å². The normalized spacial score (nSPS) is 26.4. The lowest BCUT2D eigenvalue weighted by Gasteiger charge is -2.25. The number of carbonyl (C=O) groups excluding carboxylic acids is 3. The molecule has 2 aliphatic carbocycles. The zero-order chi connectivity index (χ0) is 12.6. The number of hydrogen-bond acceptors (Lipinski definition) is 3. The summed E-state index contributed by atoms with van der Waals surface area (Å²) in [7, 11) is 0. The summed E-state index contributed by atoms with van der Waals surface area (Å²) in [5.41, 5.74) is 1.37. The molecule has 0 radical (unpaired) electrons. The minimum Gasteiger partial charge on any atom is -0.299 e. The molecule has 2 aliphatic rings. The van der Waals surface area contributed by atoms with Crippen molar-refractivity contribution in [2.45, 2.75) is 39.5 Å². The molecule has 1 saturated carbocycles. The Morgan fingerprint density at radius 1 is 1.12 bits per heavy atom. The molecule has 1 atom stereocenters. The van der Waals surface area contributed by atoms with Crippen LogP contribution in [0.5, 0.6) is 0 Å². The molecule has 0 bridgehead atoms. The highest BCUT2D eigenvalue weighted by Crippen LogP contribution is 2.33. The van der Waals surface area contributed by atoms with Gasteiger partial charge in [-0.25, -0.2) is 0 Å². The van der Waals surface area contributed by atoms with E-state index in [-0.39, 0.29) is 23.3 Å². The smallest absolute Gasteiger partial charge is 0.185 e. The summed E-state index contributed by atoms with van der Waals surface area (Å²) in [6.45, 7) is 3.29. The van der Waals surface area contributed by atoms with Crippen LogP contribution in [0, 0.1) is 5.92 Å². The van der Waals surface area contributed by atoms with Crippen LogP contribution in [-0.4, -0.2) is 17.3 Å². The van der Waals surface area contributed by atoms with Gasteiger partial charge in [0.1, 0.15) is 5.78 Å².